The first-order valence-electron chi connectivity index (χ1n) is 8.32. The topological polar surface area (TPSA) is 56.8 Å². The summed E-state index contributed by atoms with van der Waals surface area (Å²) in [5.41, 5.74) is 0.668. The second kappa shape index (κ2) is 6.59. The Balaban J connectivity index is 1.35. The van der Waals surface area contributed by atoms with E-state index in [1.165, 1.54) is 0 Å². The lowest BCUT2D eigenvalue weighted by atomic mass is 10.2. The van der Waals surface area contributed by atoms with E-state index in [9.17, 15) is 4.79 Å². The third-order valence-electron chi connectivity index (χ3n) is 4.37. The fourth-order valence-corrected chi connectivity index (χ4v) is 3.43. The van der Waals surface area contributed by atoms with Gasteiger partial charge in [0, 0.05) is 29.1 Å². The van der Waals surface area contributed by atoms with Gasteiger partial charge in [-0.15, -0.1) is 0 Å². The van der Waals surface area contributed by atoms with E-state index in [1.54, 1.807) is 18.2 Å². The molecule has 1 heterocycles. The van der Waals surface area contributed by atoms with Crippen molar-refractivity contribution in [3.63, 3.8) is 0 Å². The summed E-state index contributed by atoms with van der Waals surface area (Å²) in [5, 5.41) is 2.82. The van der Waals surface area contributed by atoms with Crippen LogP contribution >= 0.6 is 15.9 Å². The Hall–Kier alpha value is -2.21. The summed E-state index contributed by atoms with van der Waals surface area (Å²) in [7, 11) is 0. The standard InChI is InChI=1S/C19H18BrNO4/c20-13-3-6-15(7-4-13)23-12-18(22)21-14-5-8-16-17(11-14)25-19(24-16)9-1-2-10-19/h3-8,11H,1-2,9-10,12H2,(H,21,22). The number of fused-ring (bicyclic) bond motifs is 1. The Bertz CT molecular complexity index is 785. The molecule has 1 N–H and O–H groups in total. The normalized spacial score (nSPS) is 16.8. The van der Waals surface area contributed by atoms with Gasteiger partial charge < -0.3 is 19.5 Å². The van der Waals surface area contributed by atoms with Gasteiger partial charge in [-0.1, -0.05) is 15.9 Å². The third-order valence-corrected chi connectivity index (χ3v) is 4.90. The van der Waals surface area contributed by atoms with Crippen molar-refractivity contribution in [3.8, 4) is 17.2 Å². The number of hydrogen-bond acceptors (Lipinski definition) is 4. The molecule has 4 rings (SSSR count). The van der Waals surface area contributed by atoms with Gasteiger partial charge in [-0.25, -0.2) is 0 Å². The number of nitrogens with one attached hydrogen (secondary N) is 1. The molecule has 1 spiro atoms. The monoisotopic (exact) mass is 403 g/mol. The molecule has 1 amide bonds. The van der Waals surface area contributed by atoms with Gasteiger partial charge in [-0.3, -0.25) is 4.79 Å². The van der Waals surface area contributed by atoms with Crippen LogP contribution in [-0.4, -0.2) is 18.3 Å². The quantitative estimate of drug-likeness (QED) is 0.815. The molecule has 2 aliphatic rings. The van der Waals surface area contributed by atoms with Crippen molar-refractivity contribution in [1.82, 2.24) is 0 Å². The predicted molar refractivity (Wildman–Crippen MR) is 97.2 cm³/mol. The number of carbonyl (C=O) groups is 1. The lowest BCUT2D eigenvalue weighted by molar-refractivity contribution is -0.118. The van der Waals surface area contributed by atoms with E-state index in [4.69, 9.17) is 14.2 Å². The van der Waals surface area contributed by atoms with Crippen LogP contribution < -0.4 is 19.5 Å². The van der Waals surface area contributed by atoms with Crippen molar-refractivity contribution in [2.45, 2.75) is 31.5 Å². The van der Waals surface area contributed by atoms with Gasteiger partial charge in [0.2, 0.25) is 0 Å². The number of hydrogen-bond donors (Lipinski definition) is 1. The second-order valence-electron chi connectivity index (χ2n) is 6.27. The fraction of sp³-hybridized carbons (Fsp3) is 0.316. The smallest absolute Gasteiger partial charge is 0.262 e. The van der Waals surface area contributed by atoms with Crippen LogP contribution in [0.2, 0.25) is 0 Å². The van der Waals surface area contributed by atoms with Gasteiger partial charge in [-0.2, -0.15) is 0 Å². The SMILES string of the molecule is O=C(COc1ccc(Br)cc1)Nc1ccc2c(c1)OC1(CCCC1)O2. The van der Waals surface area contributed by atoms with Crippen LogP contribution in [0.15, 0.2) is 46.9 Å². The van der Waals surface area contributed by atoms with Crippen molar-refractivity contribution >= 4 is 27.5 Å². The first-order chi connectivity index (χ1) is 12.1. The number of rotatable bonds is 4. The maximum absolute atomic E-state index is 12.1. The highest BCUT2D eigenvalue weighted by Crippen LogP contribution is 2.47. The first-order valence-corrected chi connectivity index (χ1v) is 9.12. The minimum absolute atomic E-state index is 0.0555. The Morgan fingerprint density at radius 1 is 1.08 bits per heavy atom. The lowest BCUT2D eigenvalue weighted by Crippen LogP contribution is -2.34. The average molecular weight is 404 g/mol. The highest BCUT2D eigenvalue weighted by atomic mass is 79.9. The van der Waals surface area contributed by atoms with Crippen molar-refractivity contribution in [2.24, 2.45) is 0 Å². The van der Waals surface area contributed by atoms with Crippen LogP contribution in [0.5, 0.6) is 17.2 Å². The number of amides is 1. The van der Waals surface area contributed by atoms with E-state index < -0.39 is 5.79 Å². The first kappa shape index (κ1) is 16.3. The molecule has 0 aromatic heterocycles. The number of ether oxygens (including phenoxy) is 3. The number of anilines is 1. The molecule has 0 radical (unpaired) electrons. The Morgan fingerprint density at radius 2 is 1.80 bits per heavy atom. The average Bonchev–Trinajstić information content (AvgIpc) is 3.20. The summed E-state index contributed by atoms with van der Waals surface area (Å²) in [6.45, 7) is -0.0555. The van der Waals surface area contributed by atoms with E-state index in [-0.39, 0.29) is 12.5 Å². The summed E-state index contributed by atoms with van der Waals surface area (Å²) in [6.07, 6.45) is 4.05. The van der Waals surface area contributed by atoms with Crippen LogP contribution in [0.1, 0.15) is 25.7 Å². The van der Waals surface area contributed by atoms with Gasteiger partial charge in [0.1, 0.15) is 5.75 Å². The molecule has 0 bridgehead atoms. The van der Waals surface area contributed by atoms with Crippen molar-refractivity contribution < 1.29 is 19.0 Å². The van der Waals surface area contributed by atoms with E-state index in [0.29, 0.717) is 17.2 Å². The number of carbonyl (C=O) groups excluding carboxylic acids is 1. The molecule has 1 fully saturated rings. The lowest BCUT2D eigenvalue weighted by Gasteiger charge is -2.21. The molecule has 0 unspecified atom stereocenters. The highest BCUT2D eigenvalue weighted by Gasteiger charge is 2.44. The largest absolute Gasteiger partial charge is 0.484 e. The predicted octanol–water partition coefficient (Wildman–Crippen LogP) is 4.51. The second-order valence-corrected chi connectivity index (χ2v) is 7.19. The maximum Gasteiger partial charge on any atom is 0.262 e. The van der Waals surface area contributed by atoms with Gasteiger partial charge in [-0.05, 0) is 49.2 Å². The molecule has 1 aliphatic heterocycles. The molecule has 6 heteroatoms. The van der Waals surface area contributed by atoms with Crippen LogP contribution in [0.4, 0.5) is 5.69 Å². The van der Waals surface area contributed by atoms with Gasteiger partial charge >= 0.3 is 0 Å². The molecule has 0 saturated heterocycles. The van der Waals surface area contributed by atoms with Crippen molar-refractivity contribution in [3.05, 3.63) is 46.9 Å². The van der Waals surface area contributed by atoms with Crippen LogP contribution in [-0.2, 0) is 4.79 Å². The Labute approximate surface area is 154 Å². The molecule has 0 atom stereocenters. The van der Waals surface area contributed by atoms with Crippen molar-refractivity contribution in [1.29, 1.82) is 0 Å². The summed E-state index contributed by atoms with van der Waals surface area (Å²) < 4.78 is 18.4. The van der Waals surface area contributed by atoms with Crippen LogP contribution in [0.3, 0.4) is 0 Å². The number of halogens is 1. The molecule has 25 heavy (non-hydrogen) atoms. The van der Waals surface area contributed by atoms with Crippen molar-refractivity contribution in [2.75, 3.05) is 11.9 Å². The van der Waals surface area contributed by atoms with E-state index in [2.05, 4.69) is 21.2 Å². The summed E-state index contributed by atoms with van der Waals surface area (Å²) in [4.78, 5) is 12.1. The minimum Gasteiger partial charge on any atom is -0.484 e. The van der Waals surface area contributed by atoms with E-state index >= 15 is 0 Å². The molecule has 130 valence electrons. The van der Waals surface area contributed by atoms with E-state index in [0.717, 1.165) is 35.9 Å². The minimum atomic E-state index is -0.490. The Kier molecular flexibility index (Phi) is 4.29. The summed E-state index contributed by atoms with van der Waals surface area (Å²) in [5.74, 6) is 1.36. The van der Waals surface area contributed by atoms with E-state index in [1.807, 2.05) is 24.3 Å². The molecule has 2 aromatic carbocycles. The van der Waals surface area contributed by atoms with Crippen LogP contribution in [0.25, 0.3) is 0 Å². The summed E-state index contributed by atoms with van der Waals surface area (Å²) in [6, 6.07) is 12.8. The van der Waals surface area contributed by atoms with Gasteiger partial charge in [0.25, 0.3) is 11.7 Å². The molecule has 5 nitrogen and oxygen atoms in total. The maximum atomic E-state index is 12.1. The van der Waals surface area contributed by atoms with Crippen LogP contribution in [0, 0.1) is 0 Å². The summed E-state index contributed by atoms with van der Waals surface area (Å²) >= 11 is 3.36. The zero-order valence-corrected chi connectivity index (χ0v) is 15.2. The fourth-order valence-electron chi connectivity index (χ4n) is 3.17. The Morgan fingerprint density at radius 3 is 2.56 bits per heavy atom. The van der Waals surface area contributed by atoms with Gasteiger partial charge in [0.15, 0.2) is 18.1 Å². The zero-order chi connectivity index (χ0) is 17.3. The molecular weight excluding hydrogens is 386 g/mol. The van der Waals surface area contributed by atoms with Gasteiger partial charge in [0.05, 0.1) is 0 Å². The number of benzene rings is 2. The molecular formula is C19H18BrNO4. The third kappa shape index (κ3) is 3.58. The zero-order valence-electron chi connectivity index (χ0n) is 13.6. The highest BCUT2D eigenvalue weighted by molar-refractivity contribution is 9.10. The molecule has 1 saturated carbocycles. The molecule has 1 aliphatic carbocycles. The molecule has 2 aromatic rings.